The molecule has 2 aliphatic heterocycles. The number of carbonyl (C=O) groups is 1. The molecule has 2 heterocycles. The van der Waals surface area contributed by atoms with Crippen LogP contribution in [0.1, 0.15) is 80.2 Å². The molecule has 2 aliphatic rings. The first-order valence-electron chi connectivity index (χ1n) is 16.8. The molecular weight excluding hydrogens is 608 g/mol. The van der Waals surface area contributed by atoms with Crippen LogP contribution >= 0.6 is 0 Å². The van der Waals surface area contributed by atoms with Crippen LogP contribution < -0.4 is 11.1 Å². The summed E-state index contributed by atoms with van der Waals surface area (Å²) in [6.45, 7) is 14.1. The molecule has 3 rings (SSSR count). The van der Waals surface area contributed by atoms with Gasteiger partial charge in [-0.25, -0.2) is 0 Å². The van der Waals surface area contributed by atoms with Crippen LogP contribution in [0.25, 0.3) is 0 Å². The number of likely N-dealkylation sites (N-methyl/N-ethyl adjacent to an activating group) is 1. The Bertz CT molecular complexity index is 1120. The minimum Gasteiger partial charge on any atom is -0.461 e. The first-order valence-corrected chi connectivity index (χ1v) is 16.8. The third-order valence-corrected chi connectivity index (χ3v) is 10.3. The van der Waals surface area contributed by atoms with Crippen molar-refractivity contribution < 1.29 is 48.5 Å². The number of ether oxygens (including phenoxy) is 6. The molecule has 47 heavy (non-hydrogen) atoms. The lowest BCUT2D eigenvalue weighted by atomic mass is 9.76. The second kappa shape index (κ2) is 16.3. The van der Waals surface area contributed by atoms with E-state index in [4.69, 9.17) is 34.2 Å². The van der Waals surface area contributed by atoms with Gasteiger partial charge in [-0.2, -0.15) is 0 Å². The van der Waals surface area contributed by atoms with Gasteiger partial charge in [-0.3, -0.25) is 4.79 Å². The van der Waals surface area contributed by atoms with Gasteiger partial charge in [-0.05, 0) is 73.9 Å². The van der Waals surface area contributed by atoms with Crippen molar-refractivity contribution in [3.63, 3.8) is 0 Å². The van der Waals surface area contributed by atoms with E-state index in [-0.39, 0.29) is 31.6 Å². The molecule has 0 spiro atoms. The molecule has 6 N–H and O–H groups in total. The van der Waals surface area contributed by atoms with E-state index in [0.717, 1.165) is 5.56 Å². The molecule has 0 radical (unpaired) electrons. The molecule has 1 aromatic rings. The Morgan fingerprint density at radius 1 is 1.15 bits per heavy atom. The van der Waals surface area contributed by atoms with Gasteiger partial charge in [0.2, 0.25) is 0 Å². The fraction of sp³-hybridized carbons (Fsp3) is 0.800. The van der Waals surface area contributed by atoms with Crippen LogP contribution in [0.15, 0.2) is 30.3 Å². The van der Waals surface area contributed by atoms with Crippen molar-refractivity contribution in [2.45, 2.75) is 153 Å². The standard InChI is InChI=1S/C35H60N2O10/c1-20(36)17-33(6,40)30(47-32-28(38)26(37-9)16-21(2)44-32)22(3)29(23(4)31(39)43-19-25-14-12-11-13-15-25)46-27-18-34(7,42-10)35(8,41)24(5)45-27/h11-15,20-24,26-30,32,37-38,40-41H,16-19,36H2,1-10H3/t20-,21+,22-,23+,24-,26-,27-,28+,29-,30+,32-,33+,34+,35-/m0/s1. The van der Waals surface area contributed by atoms with Crippen LogP contribution in [0.3, 0.4) is 0 Å². The first kappa shape index (κ1) is 39.7. The fourth-order valence-corrected chi connectivity index (χ4v) is 6.97. The second-order valence-corrected chi connectivity index (χ2v) is 14.4. The van der Waals surface area contributed by atoms with E-state index < -0.39 is 77.6 Å². The van der Waals surface area contributed by atoms with Crippen LogP contribution in [-0.4, -0.2) is 107 Å². The van der Waals surface area contributed by atoms with E-state index in [0.29, 0.717) is 6.42 Å². The van der Waals surface area contributed by atoms with Gasteiger partial charge in [0.15, 0.2) is 12.6 Å². The maximum absolute atomic E-state index is 13.7. The average Bonchev–Trinajstić information content (AvgIpc) is 3.00. The first-order chi connectivity index (χ1) is 21.9. The van der Waals surface area contributed by atoms with Crippen molar-refractivity contribution in [1.82, 2.24) is 5.32 Å². The van der Waals surface area contributed by atoms with E-state index in [9.17, 15) is 20.1 Å². The van der Waals surface area contributed by atoms with E-state index in [2.05, 4.69) is 5.32 Å². The smallest absolute Gasteiger partial charge is 0.311 e. The number of esters is 1. The highest BCUT2D eigenvalue weighted by atomic mass is 16.7. The van der Waals surface area contributed by atoms with Gasteiger partial charge in [0, 0.05) is 31.5 Å². The monoisotopic (exact) mass is 668 g/mol. The van der Waals surface area contributed by atoms with E-state index in [1.165, 1.54) is 7.11 Å². The Balaban J connectivity index is 2.00. The minimum absolute atomic E-state index is 0.0699. The Labute approximate surface area is 280 Å². The molecule has 0 unspecified atom stereocenters. The van der Waals surface area contributed by atoms with Gasteiger partial charge < -0.3 is 54.8 Å². The van der Waals surface area contributed by atoms with Crippen LogP contribution in [0, 0.1) is 11.8 Å². The SMILES string of the molecule is CN[C@H]1C[C@@H](C)O[C@@H](O[C@H]([C@@H](C)[C@H](O[C@H]2C[C@@](C)(OC)[C@@](C)(O)[C@H](C)O2)[C@@H](C)C(=O)OCc2ccccc2)[C@](C)(O)C[C@H](C)N)[C@@H]1O. The van der Waals surface area contributed by atoms with Crippen molar-refractivity contribution in [2.75, 3.05) is 14.2 Å². The predicted octanol–water partition coefficient (Wildman–Crippen LogP) is 2.64. The number of benzene rings is 1. The Morgan fingerprint density at radius 3 is 2.36 bits per heavy atom. The van der Waals surface area contributed by atoms with Crippen molar-refractivity contribution in [1.29, 1.82) is 0 Å². The zero-order chi connectivity index (χ0) is 35.3. The van der Waals surface area contributed by atoms with Gasteiger partial charge in [0.05, 0.1) is 35.9 Å². The molecule has 0 saturated carbocycles. The predicted molar refractivity (Wildman–Crippen MR) is 176 cm³/mol. The van der Waals surface area contributed by atoms with Gasteiger partial charge in [0.25, 0.3) is 0 Å². The number of hydrogen-bond donors (Lipinski definition) is 5. The van der Waals surface area contributed by atoms with E-state index in [1.54, 1.807) is 48.6 Å². The third kappa shape index (κ3) is 9.50. The summed E-state index contributed by atoms with van der Waals surface area (Å²) in [5, 5.41) is 37.5. The van der Waals surface area contributed by atoms with Crippen molar-refractivity contribution in [3.8, 4) is 0 Å². The molecule has 270 valence electrons. The lowest BCUT2D eigenvalue weighted by molar-refractivity contribution is -0.333. The number of hydrogen-bond acceptors (Lipinski definition) is 12. The number of aliphatic hydroxyl groups is 3. The molecule has 1 aromatic carbocycles. The molecule has 12 nitrogen and oxygen atoms in total. The van der Waals surface area contributed by atoms with Gasteiger partial charge in [-0.15, -0.1) is 0 Å². The van der Waals surface area contributed by atoms with E-state index >= 15 is 0 Å². The van der Waals surface area contributed by atoms with Crippen LogP contribution in [-0.2, 0) is 39.8 Å². The summed E-state index contributed by atoms with van der Waals surface area (Å²) < 4.78 is 37.0. The summed E-state index contributed by atoms with van der Waals surface area (Å²) in [5.74, 6) is -2.07. The topological polar surface area (TPSA) is 171 Å². The van der Waals surface area contributed by atoms with E-state index in [1.807, 2.05) is 44.2 Å². The highest BCUT2D eigenvalue weighted by Gasteiger charge is 2.55. The van der Waals surface area contributed by atoms with Gasteiger partial charge in [0.1, 0.15) is 23.9 Å². The molecule has 14 atom stereocenters. The molecule has 0 bridgehead atoms. The second-order valence-electron chi connectivity index (χ2n) is 14.4. The molecule has 0 amide bonds. The van der Waals surface area contributed by atoms with Crippen LogP contribution in [0.5, 0.6) is 0 Å². The summed E-state index contributed by atoms with van der Waals surface area (Å²) >= 11 is 0. The lowest BCUT2D eigenvalue weighted by Crippen LogP contribution is -2.65. The Hall–Kier alpha value is -1.71. The Morgan fingerprint density at radius 2 is 1.79 bits per heavy atom. The summed E-state index contributed by atoms with van der Waals surface area (Å²) in [7, 11) is 3.29. The number of rotatable bonds is 15. The Kier molecular flexibility index (Phi) is 13.8. The zero-order valence-electron chi connectivity index (χ0n) is 29.8. The van der Waals surface area contributed by atoms with Crippen LogP contribution in [0.2, 0.25) is 0 Å². The number of aliphatic hydroxyl groups excluding tert-OH is 1. The minimum atomic E-state index is -1.53. The largest absolute Gasteiger partial charge is 0.461 e. The van der Waals surface area contributed by atoms with Crippen molar-refractivity contribution >= 4 is 5.97 Å². The number of nitrogens with two attached hydrogens (primary N) is 1. The normalized spacial score (nSPS) is 36.0. The number of nitrogens with one attached hydrogen (secondary N) is 1. The lowest BCUT2D eigenvalue weighted by Gasteiger charge is -2.52. The van der Waals surface area contributed by atoms with Crippen molar-refractivity contribution in [3.05, 3.63) is 35.9 Å². The fourth-order valence-electron chi connectivity index (χ4n) is 6.97. The molecule has 0 aliphatic carbocycles. The maximum Gasteiger partial charge on any atom is 0.311 e. The molecule has 2 saturated heterocycles. The molecule has 2 fully saturated rings. The van der Waals surface area contributed by atoms with Crippen molar-refractivity contribution in [2.24, 2.45) is 17.6 Å². The van der Waals surface area contributed by atoms with Gasteiger partial charge in [-0.1, -0.05) is 37.3 Å². The average molecular weight is 669 g/mol. The quantitative estimate of drug-likeness (QED) is 0.173. The molecular formula is C35H60N2O10. The zero-order valence-corrected chi connectivity index (χ0v) is 29.8. The summed E-state index contributed by atoms with van der Waals surface area (Å²) in [6.07, 6.45) is -4.99. The third-order valence-electron chi connectivity index (χ3n) is 10.3. The molecule has 12 heteroatoms. The maximum atomic E-state index is 13.7. The molecule has 0 aromatic heterocycles. The highest BCUT2D eigenvalue weighted by molar-refractivity contribution is 5.72. The highest BCUT2D eigenvalue weighted by Crippen LogP contribution is 2.42. The number of methoxy groups -OCH3 is 1. The summed E-state index contributed by atoms with van der Waals surface area (Å²) in [5.41, 5.74) is 3.12. The number of carbonyl (C=O) groups excluding carboxylic acids is 1. The van der Waals surface area contributed by atoms with Gasteiger partial charge >= 0.3 is 5.97 Å². The summed E-state index contributed by atoms with van der Waals surface area (Å²) in [6, 6.07) is 8.66. The summed E-state index contributed by atoms with van der Waals surface area (Å²) in [4.78, 5) is 13.7. The van der Waals surface area contributed by atoms with Crippen LogP contribution in [0.4, 0.5) is 0 Å².